The van der Waals surface area contributed by atoms with Crippen molar-refractivity contribution in [2.24, 2.45) is 0 Å². The molecule has 0 saturated heterocycles. The zero-order chi connectivity index (χ0) is 11.0. The lowest BCUT2D eigenvalue weighted by molar-refractivity contribution is 0.526. The molecule has 15 heavy (non-hydrogen) atoms. The number of benzene rings is 1. The van der Waals surface area contributed by atoms with Gasteiger partial charge in [0.25, 0.3) is 0 Å². The lowest BCUT2D eigenvalue weighted by Crippen LogP contribution is -2.04. The Balaban J connectivity index is 2.70. The maximum Gasteiger partial charge on any atom is 0.148 e. The normalized spacial score (nSPS) is 11.2. The van der Waals surface area contributed by atoms with Crippen molar-refractivity contribution >= 4 is 38.5 Å². The molecule has 2 aromatic rings. The molecule has 0 unspecified atom stereocenters. The average molecular weight is 289 g/mol. The Morgan fingerprint density at radius 3 is 2.87 bits per heavy atom. The number of fused-ring (bicyclic) bond motifs is 1. The maximum atomic E-state index is 5.99. The van der Waals surface area contributed by atoms with Crippen LogP contribution >= 0.6 is 27.5 Å². The first-order valence-corrected chi connectivity index (χ1v) is 5.82. The fourth-order valence-electron chi connectivity index (χ4n) is 1.62. The number of hydrogen-bond acceptors (Lipinski definition) is 2. The van der Waals surface area contributed by atoms with E-state index >= 15 is 0 Å². The first-order valence-electron chi connectivity index (χ1n) is 4.65. The molecule has 0 saturated carbocycles. The van der Waals surface area contributed by atoms with Crippen LogP contribution < -0.4 is 5.32 Å². The van der Waals surface area contributed by atoms with Gasteiger partial charge in [-0.15, -0.1) is 0 Å². The predicted octanol–water partition coefficient (Wildman–Crippen LogP) is 3.88. The third kappa shape index (κ3) is 1.92. The quantitative estimate of drug-likeness (QED) is 0.907. The van der Waals surface area contributed by atoms with Crippen LogP contribution in [0.25, 0.3) is 11.0 Å². The Hall–Kier alpha value is -0.510. The molecule has 0 atom stereocenters. The van der Waals surface area contributed by atoms with Crippen LogP contribution in [0, 0.1) is 6.92 Å². The molecule has 1 aromatic carbocycles. The fraction of sp³-hybridized carbons (Fsp3) is 0.273. The highest BCUT2D eigenvalue weighted by Gasteiger charge is 2.12. The summed E-state index contributed by atoms with van der Waals surface area (Å²) < 4.78 is 6.66. The van der Waals surface area contributed by atoms with Gasteiger partial charge in [0, 0.05) is 10.4 Å². The van der Waals surface area contributed by atoms with E-state index in [9.17, 15) is 0 Å². The number of nitrogens with one attached hydrogen (secondary N) is 1. The van der Waals surface area contributed by atoms with E-state index in [1.807, 2.05) is 26.1 Å². The molecule has 0 radical (unpaired) electrons. The van der Waals surface area contributed by atoms with Crippen LogP contribution in [-0.2, 0) is 6.54 Å². The molecule has 2 rings (SSSR count). The summed E-state index contributed by atoms with van der Waals surface area (Å²) in [5, 5.41) is 4.86. The number of aryl methyl sites for hydroxylation is 1. The first-order chi connectivity index (χ1) is 7.13. The lowest BCUT2D eigenvalue weighted by Gasteiger charge is -1.94. The van der Waals surface area contributed by atoms with E-state index in [2.05, 4.69) is 21.2 Å². The van der Waals surface area contributed by atoms with Crippen molar-refractivity contribution in [2.45, 2.75) is 13.5 Å². The molecule has 1 N–H and O–H groups in total. The van der Waals surface area contributed by atoms with Gasteiger partial charge in [0.2, 0.25) is 0 Å². The van der Waals surface area contributed by atoms with Crippen molar-refractivity contribution in [3.63, 3.8) is 0 Å². The van der Waals surface area contributed by atoms with Gasteiger partial charge in [-0.1, -0.05) is 11.6 Å². The standard InChI is InChI=1S/C11H11BrClNO/c1-6-8-3-7(13)4-9(12)11(8)15-10(6)5-14-2/h3-4,14H,5H2,1-2H3. The van der Waals surface area contributed by atoms with Gasteiger partial charge in [-0.3, -0.25) is 0 Å². The second-order valence-corrected chi connectivity index (χ2v) is 4.74. The van der Waals surface area contributed by atoms with Crippen LogP contribution in [0.2, 0.25) is 5.02 Å². The van der Waals surface area contributed by atoms with E-state index in [0.29, 0.717) is 5.02 Å². The monoisotopic (exact) mass is 287 g/mol. The Kier molecular flexibility index (Phi) is 3.05. The number of halogens is 2. The van der Waals surface area contributed by atoms with Crippen molar-refractivity contribution in [1.82, 2.24) is 5.32 Å². The number of hydrogen-bond donors (Lipinski definition) is 1. The summed E-state index contributed by atoms with van der Waals surface area (Å²) in [7, 11) is 1.90. The van der Waals surface area contributed by atoms with Crippen molar-refractivity contribution in [3.05, 3.63) is 33.0 Å². The molecule has 2 nitrogen and oxygen atoms in total. The highest BCUT2D eigenvalue weighted by atomic mass is 79.9. The third-order valence-electron chi connectivity index (χ3n) is 2.39. The second-order valence-electron chi connectivity index (χ2n) is 3.44. The molecule has 0 fully saturated rings. The zero-order valence-electron chi connectivity index (χ0n) is 8.53. The molecule has 0 aliphatic rings. The van der Waals surface area contributed by atoms with E-state index in [1.165, 1.54) is 0 Å². The van der Waals surface area contributed by atoms with E-state index in [-0.39, 0.29) is 0 Å². The summed E-state index contributed by atoms with van der Waals surface area (Å²) in [6.45, 7) is 2.77. The summed E-state index contributed by atoms with van der Waals surface area (Å²) in [5.74, 6) is 0.954. The summed E-state index contributed by atoms with van der Waals surface area (Å²) in [5.41, 5.74) is 2.00. The predicted molar refractivity (Wildman–Crippen MR) is 66.4 cm³/mol. The summed E-state index contributed by atoms with van der Waals surface area (Å²) >= 11 is 9.44. The Morgan fingerprint density at radius 2 is 2.20 bits per heavy atom. The molecule has 1 aromatic heterocycles. The maximum absolute atomic E-state index is 5.99. The minimum Gasteiger partial charge on any atom is -0.458 e. The second kappa shape index (κ2) is 4.16. The molecule has 0 amide bonds. The molecular formula is C11H11BrClNO. The van der Waals surface area contributed by atoms with E-state index in [1.54, 1.807) is 0 Å². The minimum absolute atomic E-state index is 0.717. The van der Waals surface area contributed by atoms with Crippen molar-refractivity contribution in [3.8, 4) is 0 Å². The fourth-order valence-corrected chi connectivity index (χ4v) is 2.51. The van der Waals surface area contributed by atoms with Gasteiger partial charge in [-0.05, 0) is 47.6 Å². The van der Waals surface area contributed by atoms with Gasteiger partial charge in [0.15, 0.2) is 0 Å². The van der Waals surface area contributed by atoms with Gasteiger partial charge in [0.05, 0.1) is 11.0 Å². The van der Waals surface area contributed by atoms with Crippen LogP contribution in [0.3, 0.4) is 0 Å². The summed E-state index contributed by atoms with van der Waals surface area (Å²) in [4.78, 5) is 0. The summed E-state index contributed by atoms with van der Waals surface area (Å²) in [6, 6.07) is 3.77. The minimum atomic E-state index is 0.717. The van der Waals surface area contributed by atoms with Crippen LogP contribution in [-0.4, -0.2) is 7.05 Å². The number of furan rings is 1. The van der Waals surface area contributed by atoms with E-state index in [0.717, 1.165) is 33.3 Å². The topological polar surface area (TPSA) is 25.2 Å². The van der Waals surface area contributed by atoms with Crippen LogP contribution in [0.5, 0.6) is 0 Å². The van der Waals surface area contributed by atoms with Crippen LogP contribution in [0.1, 0.15) is 11.3 Å². The molecular weight excluding hydrogens is 277 g/mol. The van der Waals surface area contributed by atoms with E-state index < -0.39 is 0 Å². The molecule has 1 heterocycles. The third-order valence-corrected chi connectivity index (χ3v) is 3.20. The highest BCUT2D eigenvalue weighted by Crippen LogP contribution is 2.33. The number of rotatable bonds is 2. The largest absolute Gasteiger partial charge is 0.458 e. The molecule has 0 bridgehead atoms. The van der Waals surface area contributed by atoms with Gasteiger partial charge in [-0.2, -0.15) is 0 Å². The first kappa shape index (κ1) is 11.0. The molecule has 0 aliphatic carbocycles. The lowest BCUT2D eigenvalue weighted by atomic mass is 10.1. The smallest absolute Gasteiger partial charge is 0.148 e. The van der Waals surface area contributed by atoms with Crippen LogP contribution in [0.15, 0.2) is 21.0 Å². The van der Waals surface area contributed by atoms with Gasteiger partial charge < -0.3 is 9.73 Å². The zero-order valence-corrected chi connectivity index (χ0v) is 10.9. The SMILES string of the molecule is CNCc1oc2c(Br)cc(Cl)cc2c1C. The van der Waals surface area contributed by atoms with Crippen molar-refractivity contribution in [1.29, 1.82) is 0 Å². The van der Waals surface area contributed by atoms with Crippen molar-refractivity contribution in [2.75, 3.05) is 7.05 Å². The molecule has 80 valence electrons. The average Bonchev–Trinajstić information content (AvgIpc) is 2.47. The molecule has 4 heteroatoms. The molecule has 0 aliphatic heterocycles. The van der Waals surface area contributed by atoms with Crippen molar-refractivity contribution < 1.29 is 4.42 Å². The van der Waals surface area contributed by atoms with Crippen LogP contribution in [0.4, 0.5) is 0 Å². The van der Waals surface area contributed by atoms with Gasteiger partial charge in [0.1, 0.15) is 11.3 Å². The Morgan fingerprint density at radius 1 is 1.47 bits per heavy atom. The van der Waals surface area contributed by atoms with Gasteiger partial charge in [-0.25, -0.2) is 0 Å². The Bertz CT molecular complexity index is 507. The summed E-state index contributed by atoms with van der Waals surface area (Å²) in [6.07, 6.45) is 0. The van der Waals surface area contributed by atoms with E-state index in [4.69, 9.17) is 16.0 Å². The molecule has 0 spiro atoms. The van der Waals surface area contributed by atoms with Gasteiger partial charge >= 0.3 is 0 Å². The Labute approximate surface area is 102 Å². The highest BCUT2D eigenvalue weighted by molar-refractivity contribution is 9.10.